The molecular weight excluding hydrogens is 358 g/mol. The van der Waals surface area contributed by atoms with Crippen LogP contribution in [0.1, 0.15) is 5.56 Å². The number of nitrogens with one attached hydrogen (secondary N) is 1. The van der Waals surface area contributed by atoms with E-state index in [4.69, 9.17) is 0 Å². The molecule has 3 aromatic carbocycles. The van der Waals surface area contributed by atoms with Crippen LogP contribution in [0.15, 0.2) is 103 Å². The molecule has 0 radical (unpaired) electrons. The Hall–Kier alpha value is -4.10. The Morgan fingerprint density at radius 2 is 1.41 bits per heavy atom. The number of nitrogens with zero attached hydrogens (tertiary/aromatic N) is 2. The van der Waals surface area contributed by atoms with Crippen molar-refractivity contribution in [1.82, 2.24) is 5.32 Å². The monoisotopic (exact) mass is 379 g/mol. The largest absolute Gasteiger partial charge is 0.348 e. The van der Waals surface area contributed by atoms with Crippen molar-refractivity contribution < 1.29 is 4.79 Å². The third-order valence-electron chi connectivity index (χ3n) is 4.26. The third kappa shape index (κ3) is 5.00. The highest BCUT2D eigenvalue weighted by atomic mass is 16.1. The summed E-state index contributed by atoms with van der Waals surface area (Å²) in [6, 6.07) is 29.9. The van der Waals surface area contributed by atoms with Gasteiger partial charge in [0.15, 0.2) is 0 Å². The summed E-state index contributed by atoms with van der Waals surface area (Å²) in [6.45, 7) is 3.88. The van der Waals surface area contributed by atoms with Gasteiger partial charge in [-0.3, -0.25) is 4.79 Å². The first kappa shape index (κ1) is 19.7. The quantitative estimate of drug-likeness (QED) is 0.341. The van der Waals surface area contributed by atoms with Gasteiger partial charge in [-0.2, -0.15) is 5.26 Å². The van der Waals surface area contributed by atoms with Crippen LogP contribution in [0.4, 0.5) is 17.1 Å². The lowest BCUT2D eigenvalue weighted by atomic mass is 10.1. The Labute approximate surface area is 171 Å². The van der Waals surface area contributed by atoms with E-state index in [1.807, 2.05) is 66.7 Å². The Morgan fingerprint density at radius 3 is 1.90 bits per heavy atom. The van der Waals surface area contributed by atoms with Crippen molar-refractivity contribution in [3.05, 3.63) is 109 Å². The minimum absolute atomic E-state index is 0.0579. The summed E-state index contributed by atoms with van der Waals surface area (Å²) < 4.78 is 0. The SMILES string of the molecule is C=CCNC(=O)/C(C#N)=C/c1ccc(N(c2ccccc2)c2ccccc2)cc1. The molecule has 0 heterocycles. The van der Waals surface area contributed by atoms with Crippen molar-refractivity contribution in [3.63, 3.8) is 0 Å². The maximum Gasteiger partial charge on any atom is 0.262 e. The van der Waals surface area contributed by atoms with Crippen LogP contribution in [0.3, 0.4) is 0 Å². The molecule has 0 aliphatic heterocycles. The molecule has 0 aliphatic carbocycles. The van der Waals surface area contributed by atoms with Crippen LogP contribution in [-0.2, 0) is 4.79 Å². The van der Waals surface area contributed by atoms with Gasteiger partial charge in [0.1, 0.15) is 11.6 Å². The number of carbonyl (C=O) groups is 1. The topological polar surface area (TPSA) is 56.1 Å². The first-order chi connectivity index (χ1) is 14.2. The van der Waals surface area contributed by atoms with E-state index < -0.39 is 5.91 Å². The molecule has 0 atom stereocenters. The first-order valence-corrected chi connectivity index (χ1v) is 9.24. The van der Waals surface area contributed by atoms with Crippen LogP contribution in [0.2, 0.25) is 0 Å². The van der Waals surface area contributed by atoms with Gasteiger partial charge < -0.3 is 10.2 Å². The fraction of sp³-hybridized carbons (Fsp3) is 0.0400. The van der Waals surface area contributed by atoms with Crippen molar-refractivity contribution in [1.29, 1.82) is 5.26 Å². The van der Waals surface area contributed by atoms with E-state index >= 15 is 0 Å². The van der Waals surface area contributed by atoms with Crippen molar-refractivity contribution >= 4 is 29.0 Å². The third-order valence-corrected chi connectivity index (χ3v) is 4.26. The van der Waals surface area contributed by atoms with Gasteiger partial charge in [0.2, 0.25) is 0 Å². The number of rotatable bonds is 7. The van der Waals surface area contributed by atoms with Gasteiger partial charge in [0.05, 0.1) is 0 Å². The molecule has 0 saturated heterocycles. The minimum atomic E-state index is -0.410. The number of hydrogen-bond acceptors (Lipinski definition) is 3. The van der Waals surface area contributed by atoms with Gasteiger partial charge in [-0.1, -0.05) is 54.6 Å². The molecule has 1 amide bonds. The number of benzene rings is 3. The summed E-state index contributed by atoms with van der Waals surface area (Å²) >= 11 is 0. The second-order valence-electron chi connectivity index (χ2n) is 6.27. The summed E-state index contributed by atoms with van der Waals surface area (Å²) in [5.74, 6) is -0.410. The van der Waals surface area contributed by atoms with E-state index in [9.17, 15) is 10.1 Å². The Bertz CT molecular complexity index is 993. The molecule has 1 N–H and O–H groups in total. The number of amides is 1. The van der Waals surface area contributed by atoms with Crippen LogP contribution in [0.25, 0.3) is 6.08 Å². The highest BCUT2D eigenvalue weighted by molar-refractivity contribution is 6.01. The molecule has 0 aliphatic rings. The molecule has 4 nitrogen and oxygen atoms in total. The normalized spacial score (nSPS) is 10.7. The maximum absolute atomic E-state index is 12.0. The molecule has 0 bridgehead atoms. The minimum Gasteiger partial charge on any atom is -0.348 e. The van der Waals surface area contributed by atoms with E-state index in [0.717, 1.165) is 22.6 Å². The van der Waals surface area contributed by atoms with Crippen molar-refractivity contribution in [3.8, 4) is 6.07 Å². The van der Waals surface area contributed by atoms with E-state index in [1.54, 1.807) is 12.2 Å². The number of hydrogen-bond donors (Lipinski definition) is 1. The molecule has 29 heavy (non-hydrogen) atoms. The number of nitriles is 1. The van der Waals surface area contributed by atoms with E-state index in [1.165, 1.54) is 0 Å². The second kappa shape index (κ2) is 9.72. The van der Waals surface area contributed by atoms with Gasteiger partial charge in [0, 0.05) is 23.6 Å². The molecule has 3 aromatic rings. The smallest absolute Gasteiger partial charge is 0.262 e. The molecular formula is C25H21N3O. The fourth-order valence-corrected chi connectivity index (χ4v) is 2.90. The van der Waals surface area contributed by atoms with Crippen LogP contribution < -0.4 is 10.2 Å². The van der Waals surface area contributed by atoms with Crippen molar-refractivity contribution in [2.75, 3.05) is 11.4 Å². The predicted octanol–water partition coefficient (Wildman–Crippen LogP) is 5.37. The number of carbonyl (C=O) groups excluding carboxylic acids is 1. The average Bonchev–Trinajstić information content (AvgIpc) is 2.78. The van der Waals surface area contributed by atoms with Gasteiger partial charge in [-0.05, 0) is 48.0 Å². The lowest BCUT2D eigenvalue weighted by Gasteiger charge is -2.25. The highest BCUT2D eigenvalue weighted by Gasteiger charge is 2.12. The summed E-state index contributed by atoms with van der Waals surface area (Å²) in [4.78, 5) is 14.2. The van der Waals surface area contributed by atoms with E-state index in [0.29, 0.717) is 6.54 Å². The standard InChI is InChI=1S/C25H21N3O/c1-2-17-27-25(29)21(19-26)18-20-13-15-24(16-14-20)28(22-9-5-3-6-10-22)23-11-7-4-8-12-23/h2-16,18H,1,17H2,(H,27,29)/b21-18+. The van der Waals surface area contributed by atoms with E-state index in [2.05, 4.69) is 41.1 Å². The van der Waals surface area contributed by atoms with Crippen LogP contribution >= 0.6 is 0 Å². The average molecular weight is 379 g/mol. The lowest BCUT2D eigenvalue weighted by molar-refractivity contribution is -0.116. The molecule has 3 rings (SSSR count). The lowest BCUT2D eigenvalue weighted by Crippen LogP contribution is -2.24. The van der Waals surface area contributed by atoms with E-state index in [-0.39, 0.29) is 5.57 Å². The number of para-hydroxylation sites is 2. The molecule has 4 heteroatoms. The van der Waals surface area contributed by atoms with Gasteiger partial charge >= 0.3 is 0 Å². The summed E-state index contributed by atoms with van der Waals surface area (Å²) in [5, 5.41) is 11.9. The van der Waals surface area contributed by atoms with Crippen LogP contribution in [0, 0.1) is 11.3 Å². The summed E-state index contributed by atoms with van der Waals surface area (Å²) in [5.41, 5.74) is 3.91. The molecule has 0 unspecified atom stereocenters. The molecule has 0 saturated carbocycles. The Morgan fingerprint density at radius 1 is 0.897 bits per heavy atom. The summed E-state index contributed by atoms with van der Waals surface area (Å²) in [6.07, 6.45) is 3.15. The van der Waals surface area contributed by atoms with Gasteiger partial charge in [-0.15, -0.1) is 6.58 Å². The fourth-order valence-electron chi connectivity index (χ4n) is 2.90. The first-order valence-electron chi connectivity index (χ1n) is 9.24. The van der Waals surface area contributed by atoms with Crippen LogP contribution in [0.5, 0.6) is 0 Å². The maximum atomic E-state index is 12.0. The van der Waals surface area contributed by atoms with Gasteiger partial charge in [-0.25, -0.2) is 0 Å². The van der Waals surface area contributed by atoms with Crippen molar-refractivity contribution in [2.45, 2.75) is 0 Å². The zero-order valence-electron chi connectivity index (χ0n) is 16.0. The van der Waals surface area contributed by atoms with Crippen LogP contribution in [-0.4, -0.2) is 12.5 Å². The highest BCUT2D eigenvalue weighted by Crippen LogP contribution is 2.34. The molecule has 0 aromatic heterocycles. The predicted molar refractivity (Wildman–Crippen MR) is 118 cm³/mol. The Kier molecular flexibility index (Phi) is 6.59. The Balaban J connectivity index is 1.92. The van der Waals surface area contributed by atoms with Crippen molar-refractivity contribution in [2.24, 2.45) is 0 Å². The van der Waals surface area contributed by atoms with Gasteiger partial charge in [0.25, 0.3) is 5.91 Å². The second-order valence-corrected chi connectivity index (χ2v) is 6.27. The zero-order chi connectivity index (χ0) is 20.5. The molecule has 142 valence electrons. The number of anilines is 3. The molecule has 0 fully saturated rings. The zero-order valence-corrected chi connectivity index (χ0v) is 16.0. The molecule has 0 spiro atoms. The summed E-state index contributed by atoms with van der Waals surface area (Å²) in [7, 11) is 0.